The van der Waals surface area contributed by atoms with E-state index in [0.29, 0.717) is 17.2 Å². The van der Waals surface area contributed by atoms with Crippen molar-refractivity contribution < 1.29 is 9.59 Å². The molecule has 0 saturated heterocycles. The molecule has 3 rings (SSSR count). The molecular weight excluding hydrogens is 324 g/mol. The molecule has 0 saturated carbocycles. The average Bonchev–Trinajstić information content (AvgIpc) is 2.55. The van der Waals surface area contributed by atoms with Crippen LogP contribution in [-0.2, 0) is 9.59 Å². The lowest BCUT2D eigenvalue weighted by Crippen LogP contribution is -2.39. The van der Waals surface area contributed by atoms with Crippen LogP contribution >= 0.6 is 11.6 Å². The van der Waals surface area contributed by atoms with E-state index in [1.807, 2.05) is 43.3 Å². The van der Waals surface area contributed by atoms with Crippen molar-refractivity contribution in [1.82, 2.24) is 0 Å². The van der Waals surface area contributed by atoms with Crippen molar-refractivity contribution in [2.75, 3.05) is 0 Å². The topological polar surface area (TPSA) is 72.5 Å². The molecule has 2 unspecified atom stereocenters. The summed E-state index contributed by atoms with van der Waals surface area (Å²) in [5, 5.41) is 0.617. The van der Waals surface area contributed by atoms with E-state index >= 15 is 0 Å². The highest BCUT2D eigenvalue weighted by Gasteiger charge is 2.38. The van der Waals surface area contributed by atoms with Crippen molar-refractivity contribution >= 4 is 29.1 Å². The van der Waals surface area contributed by atoms with Crippen LogP contribution in [0.1, 0.15) is 29.0 Å². The van der Waals surface area contributed by atoms with Crippen LogP contribution in [-0.4, -0.2) is 17.5 Å². The number of carbonyl (C=O) groups is 2. The molecular formula is C19H17ClN2O2. The molecule has 122 valence electrons. The molecule has 0 aromatic heterocycles. The predicted molar refractivity (Wildman–Crippen MR) is 94.2 cm³/mol. The van der Waals surface area contributed by atoms with Gasteiger partial charge in [-0.05, 0) is 36.6 Å². The van der Waals surface area contributed by atoms with Crippen LogP contribution in [0.5, 0.6) is 0 Å². The molecule has 0 fully saturated rings. The molecule has 4 nitrogen and oxygen atoms in total. The van der Waals surface area contributed by atoms with Gasteiger partial charge >= 0.3 is 0 Å². The molecule has 2 aromatic rings. The van der Waals surface area contributed by atoms with E-state index in [4.69, 9.17) is 17.3 Å². The zero-order chi connectivity index (χ0) is 17.3. The number of nitrogens with zero attached hydrogens (tertiary/aromatic N) is 1. The number of benzene rings is 2. The fourth-order valence-electron chi connectivity index (χ4n) is 3.02. The van der Waals surface area contributed by atoms with Crippen molar-refractivity contribution in [3.05, 3.63) is 70.2 Å². The highest BCUT2D eigenvalue weighted by atomic mass is 35.5. The van der Waals surface area contributed by atoms with Gasteiger partial charge in [-0.25, -0.2) is 4.99 Å². The summed E-state index contributed by atoms with van der Waals surface area (Å²) in [6, 6.07) is 15.0. The molecule has 2 amide bonds. The summed E-state index contributed by atoms with van der Waals surface area (Å²) in [6.07, 6.45) is 0.476. The minimum absolute atomic E-state index is 0.307. The second kappa shape index (κ2) is 6.57. The lowest BCUT2D eigenvalue weighted by Gasteiger charge is -2.28. The van der Waals surface area contributed by atoms with E-state index in [-0.39, 0.29) is 5.92 Å². The third-order valence-corrected chi connectivity index (χ3v) is 4.57. The number of aryl methyl sites for hydroxylation is 1. The van der Waals surface area contributed by atoms with E-state index in [9.17, 15) is 9.59 Å². The van der Waals surface area contributed by atoms with E-state index in [0.717, 1.165) is 16.7 Å². The van der Waals surface area contributed by atoms with Gasteiger partial charge in [0.2, 0.25) is 5.91 Å². The number of carbonyl (C=O) groups excluding carboxylic acids is 2. The molecule has 1 heterocycles. The Labute approximate surface area is 145 Å². The standard InChI is InChI=1S/C19H17ClN2O2/c1-11-2-4-12(5-3-11)15-10-16(13-6-8-14(20)9-7-13)22-19(24)17(15)18(21)23/h2-9,15,17H,10H2,1H3,(H2,21,23). The highest BCUT2D eigenvalue weighted by Crippen LogP contribution is 2.34. The monoisotopic (exact) mass is 340 g/mol. The smallest absolute Gasteiger partial charge is 0.259 e. The zero-order valence-electron chi connectivity index (χ0n) is 13.2. The van der Waals surface area contributed by atoms with Gasteiger partial charge in [0.05, 0.1) is 5.71 Å². The summed E-state index contributed by atoms with van der Waals surface area (Å²) in [6.45, 7) is 1.99. The number of halogens is 1. The number of primary amides is 1. The fourth-order valence-corrected chi connectivity index (χ4v) is 3.14. The second-order valence-electron chi connectivity index (χ2n) is 6.00. The number of hydrogen-bond donors (Lipinski definition) is 1. The van der Waals surface area contributed by atoms with Gasteiger partial charge in [0.1, 0.15) is 5.92 Å². The minimum Gasteiger partial charge on any atom is -0.369 e. The van der Waals surface area contributed by atoms with Gasteiger partial charge in [-0.2, -0.15) is 0 Å². The number of amides is 2. The summed E-state index contributed by atoms with van der Waals surface area (Å²) in [5.41, 5.74) is 8.98. The third kappa shape index (κ3) is 3.24. The van der Waals surface area contributed by atoms with Crippen molar-refractivity contribution in [1.29, 1.82) is 0 Å². The van der Waals surface area contributed by atoms with Crippen LogP contribution in [0.25, 0.3) is 0 Å². The molecule has 0 bridgehead atoms. The van der Waals surface area contributed by atoms with Gasteiger partial charge in [0.25, 0.3) is 5.91 Å². The number of rotatable bonds is 3. The van der Waals surface area contributed by atoms with Crippen LogP contribution in [0, 0.1) is 12.8 Å². The Kier molecular flexibility index (Phi) is 4.49. The maximum absolute atomic E-state index is 12.4. The Balaban J connectivity index is 2.01. The summed E-state index contributed by atoms with van der Waals surface area (Å²) in [7, 11) is 0. The summed E-state index contributed by atoms with van der Waals surface area (Å²) in [5.74, 6) is -2.35. The number of hydrogen-bond acceptors (Lipinski definition) is 2. The first-order chi connectivity index (χ1) is 11.5. The van der Waals surface area contributed by atoms with Crippen LogP contribution < -0.4 is 5.73 Å². The van der Waals surface area contributed by atoms with Gasteiger partial charge in [0, 0.05) is 10.9 Å². The summed E-state index contributed by atoms with van der Waals surface area (Å²) < 4.78 is 0. The highest BCUT2D eigenvalue weighted by molar-refractivity contribution is 6.30. The fraction of sp³-hybridized carbons (Fsp3) is 0.211. The van der Waals surface area contributed by atoms with Crippen molar-refractivity contribution in [3.63, 3.8) is 0 Å². The van der Waals surface area contributed by atoms with E-state index in [1.165, 1.54) is 0 Å². The molecule has 1 aliphatic rings. The molecule has 5 heteroatoms. The molecule has 1 aliphatic heterocycles. The van der Waals surface area contributed by atoms with Crippen LogP contribution in [0.2, 0.25) is 5.02 Å². The largest absolute Gasteiger partial charge is 0.369 e. The molecule has 2 aromatic carbocycles. The third-order valence-electron chi connectivity index (χ3n) is 4.32. The second-order valence-corrected chi connectivity index (χ2v) is 6.44. The van der Waals surface area contributed by atoms with Gasteiger partial charge in [0.15, 0.2) is 0 Å². The Morgan fingerprint density at radius 2 is 1.75 bits per heavy atom. The molecule has 0 radical (unpaired) electrons. The van der Waals surface area contributed by atoms with E-state index in [1.54, 1.807) is 12.1 Å². The maximum atomic E-state index is 12.4. The summed E-state index contributed by atoms with van der Waals surface area (Å²) >= 11 is 5.92. The Morgan fingerprint density at radius 3 is 2.33 bits per heavy atom. The Morgan fingerprint density at radius 1 is 1.12 bits per heavy atom. The molecule has 24 heavy (non-hydrogen) atoms. The van der Waals surface area contributed by atoms with Crippen molar-refractivity contribution in [2.45, 2.75) is 19.3 Å². The minimum atomic E-state index is -0.927. The quantitative estimate of drug-likeness (QED) is 0.871. The van der Waals surface area contributed by atoms with Gasteiger partial charge in [-0.3, -0.25) is 9.59 Å². The maximum Gasteiger partial charge on any atom is 0.259 e. The first kappa shape index (κ1) is 16.4. The number of nitrogens with two attached hydrogens (primary N) is 1. The Bertz CT molecular complexity index is 810. The summed E-state index contributed by atoms with van der Waals surface area (Å²) in [4.78, 5) is 28.4. The molecule has 0 aliphatic carbocycles. The lowest BCUT2D eigenvalue weighted by molar-refractivity contribution is -0.132. The first-order valence-electron chi connectivity index (χ1n) is 7.69. The first-order valence-corrected chi connectivity index (χ1v) is 8.06. The normalized spacial score (nSPS) is 20.6. The average molecular weight is 341 g/mol. The van der Waals surface area contributed by atoms with Gasteiger partial charge in [-0.1, -0.05) is 53.6 Å². The van der Waals surface area contributed by atoms with Crippen LogP contribution in [0.15, 0.2) is 53.5 Å². The van der Waals surface area contributed by atoms with E-state index in [2.05, 4.69) is 4.99 Å². The van der Waals surface area contributed by atoms with Crippen molar-refractivity contribution in [3.8, 4) is 0 Å². The Hall–Kier alpha value is -2.46. The van der Waals surface area contributed by atoms with Gasteiger partial charge < -0.3 is 5.73 Å². The molecule has 2 N–H and O–H groups in total. The SMILES string of the molecule is Cc1ccc(C2CC(c3ccc(Cl)cc3)=NC(=O)C2C(N)=O)cc1. The zero-order valence-corrected chi connectivity index (χ0v) is 14.0. The lowest BCUT2D eigenvalue weighted by atomic mass is 9.78. The predicted octanol–water partition coefficient (Wildman–Crippen LogP) is 3.25. The molecule has 0 spiro atoms. The molecule has 2 atom stereocenters. The number of aliphatic imine (C=N–C) groups is 1. The van der Waals surface area contributed by atoms with Crippen molar-refractivity contribution in [2.24, 2.45) is 16.6 Å². The van der Waals surface area contributed by atoms with Crippen LogP contribution in [0.4, 0.5) is 0 Å². The van der Waals surface area contributed by atoms with Gasteiger partial charge in [-0.15, -0.1) is 0 Å². The van der Waals surface area contributed by atoms with E-state index < -0.39 is 17.7 Å². The van der Waals surface area contributed by atoms with Crippen LogP contribution in [0.3, 0.4) is 0 Å².